The average molecular weight is 390 g/mol. The molecule has 0 amide bonds. The number of nitrogens with zero attached hydrogens (tertiary/aromatic N) is 1. The molecule has 3 rings (SSSR count). The fourth-order valence-electron chi connectivity index (χ4n) is 3.38. The van der Waals surface area contributed by atoms with Crippen molar-refractivity contribution in [3.05, 3.63) is 65.2 Å². The molecule has 1 aliphatic heterocycles. The van der Waals surface area contributed by atoms with Crippen LogP contribution >= 0.6 is 0 Å². The van der Waals surface area contributed by atoms with Gasteiger partial charge in [0.25, 0.3) is 0 Å². The summed E-state index contributed by atoms with van der Waals surface area (Å²) in [4.78, 5) is 2.33. The van der Waals surface area contributed by atoms with Crippen molar-refractivity contribution in [1.82, 2.24) is 10.2 Å². The third-order valence-electron chi connectivity index (χ3n) is 5.08. The van der Waals surface area contributed by atoms with Crippen molar-refractivity contribution in [3.8, 4) is 5.75 Å². The molecule has 0 unspecified atom stereocenters. The van der Waals surface area contributed by atoms with Gasteiger partial charge in [-0.05, 0) is 55.8 Å². The maximum atomic E-state index is 13.7. The third-order valence-corrected chi connectivity index (χ3v) is 5.08. The minimum atomic E-state index is -0.431. The second-order valence-electron chi connectivity index (χ2n) is 7.16. The van der Waals surface area contributed by atoms with Gasteiger partial charge in [-0.2, -0.15) is 0 Å². The molecule has 2 aromatic carbocycles. The van der Waals surface area contributed by atoms with Gasteiger partial charge < -0.3 is 14.8 Å². The highest BCUT2D eigenvalue weighted by Crippen LogP contribution is 2.16. The molecule has 0 spiro atoms. The molecule has 0 atom stereocenters. The highest BCUT2D eigenvalue weighted by atomic mass is 19.1. The lowest BCUT2D eigenvalue weighted by Gasteiger charge is -2.31. The second-order valence-corrected chi connectivity index (χ2v) is 7.16. The van der Waals surface area contributed by atoms with E-state index in [1.807, 2.05) is 24.3 Å². The number of halogens is 2. The zero-order valence-corrected chi connectivity index (χ0v) is 16.3. The first-order valence-corrected chi connectivity index (χ1v) is 9.76. The average Bonchev–Trinajstić information content (AvgIpc) is 2.71. The monoisotopic (exact) mass is 390 g/mol. The van der Waals surface area contributed by atoms with Gasteiger partial charge >= 0.3 is 0 Å². The van der Waals surface area contributed by atoms with Crippen LogP contribution in [0.3, 0.4) is 0 Å². The molecular formula is C22H28F2N2O2. The molecule has 0 saturated carbocycles. The predicted molar refractivity (Wildman–Crippen MR) is 105 cm³/mol. The Morgan fingerprint density at radius 3 is 2.75 bits per heavy atom. The molecule has 2 aromatic rings. The van der Waals surface area contributed by atoms with Gasteiger partial charge in [-0.25, -0.2) is 8.78 Å². The van der Waals surface area contributed by atoms with Gasteiger partial charge in [0.2, 0.25) is 0 Å². The van der Waals surface area contributed by atoms with E-state index in [9.17, 15) is 8.78 Å². The normalized spacial score (nSPS) is 15.1. The van der Waals surface area contributed by atoms with Gasteiger partial charge in [-0.3, -0.25) is 4.90 Å². The number of hydrogen-bond donors (Lipinski definition) is 1. The Labute approximate surface area is 165 Å². The molecular weight excluding hydrogens is 362 g/mol. The second kappa shape index (κ2) is 10.5. The molecule has 0 aromatic heterocycles. The summed E-state index contributed by atoms with van der Waals surface area (Å²) in [5.41, 5.74) is 1.36. The van der Waals surface area contributed by atoms with Crippen molar-refractivity contribution in [3.63, 3.8) is 0 Å². The van der Waals surface area contributed by atoms with Gasteiger partial charge in [0.1, 0.15) is 24.0 Å². The van der Waals surface area contributed by atoms with E-state index in [-0.39, 0.29) is 6.54 Å². The fraction of sp³-hybridized carbons (Fsp3) is 0.455. The Morgan fingerprint density at radius 2 is 1.93 bits per heavy atom. The highest BCUT2D eigenvalue weighted by Gasteiger charge is 2.17. The van der Waals surface area contributed by atoms with E-state index in [1.165, 1.54) is 6.07 Å². The molecule has 0 radical (unpaired) electrons. The van der Waals surface area contributed by atoms with Crippen molar-refractivity contribution in [2.24, 2.45) is 0 Å². The summed E-state index contributed by atoms with van der Waals surface area (Å²) in [7, 11) is 2.13. The summed E-state index contributed by atoms with van der Waals surface area (Å²) in [5, 5.41) is 3.15. The largest absolute Gasteiger partial charge is 0.492 e. The summed E-state index contributed by atoms with van der Waals surface area (Å²) >= 11 is 0. The number of nitrogens with one attached hydrogen (secondary N) is 1. The van der Waals surface area contributed by atoms with Crippen LogP contribution in [-0.4, -0.2) is 44.4 Å². The first kappa shape index (κ1) is 20.7. The van der Waals surface area contributed by atoms with Crippen LogP contribution in [-0.2, 0) is 17.8 Å². The van der Waals surface area contributed by atoms with E-state index in [2.05, 4.69) is 17.3 Å². The van der Waals surface area contributed by atoms with E-state index in [1.54, 1.807) is 0 Å². The number of ether oxygens (including phenoxy) is 2. The maximum Gasteiger partial charge on any atom is 0.127 e. The van der Waals surface area contributed by atoms with Crippen molar-refractivity contribution >= 4 is 0 Å². The van der Waals surface area contributed by atoms with Crippen LogP contribution in [0.5, 0.6) is 5.75 Å². The van der Waals surface area contributed by atoms with E-state index < -0.39 is 11.6 Å². The quantitative estimate of drug-likeness (QED) is 0.707. The van der Waals surface area contributed by atoms with Crippen molar-refractivity contribution in [1.29, 1.82) is 0 Å². The summed E-state index contributed by atoms with van der Waals surface area (Å²) in [6.07, 6.45) is 2.15. The number of hydrogen-bond acceptors (Lipinski definition) is 4. The number of benzene rings is 2. The number of rotatable bonds is 9. The molecule has 4 nitrogen and oxygen atoms in total. The Morgan fingerprint density at radius 1 is 1.11 bits per heavy atom. The van der Waals surface area contributed by atoms with Gasteiger partial charge in [0.15, 0.2) is 0 Å². The van der Waals surface area contributed by atoms with Crippen molar-refractivity contribution in [2.75, 3.05) is 33.4 Å². The standard InChI is InChI=1S/C22H28F2N2O2/c1-26(20-7-10-27-11-8-20)9-12-28-21-4-2-3-17(13-21)15-25-16-18-14-19(23)5-6-22(18)24/h2-6,13-14,20,25H,7-12,15-16H2,1H3. The molecule has 0 aliphatic carbocycles. The van der Waals surface area contributed by atoms with Gasteiger partial charge in [0, 0.05) is 44.5 Å². The summed E-state index contributed by atoms with van der Waals surface area (Å²) < 4.78 is 38.2. The lowest BCUT2D eigenvalue weighted by molar-refractivity contribution is 0.0392. The molecule has 6 heteroatoms. The van der Waals surface area contributed by atoms with Crippen LogP contribution in [0.4, 0.5) is 8.78 Å². The van der Waals surface area contributed by atoms with Crippen LogP contribution in [0.1, 0.15) is 24.0 Å². The van der Waals surface area contributed by atoms with Crippen molar-refractivity contribution in [2.45, 2.75) is 32.0 Å². The van der Waals surface area contributed by atoms with E-state index in [4.69, 9.17) is 9.47 Å². The molecule has 152 valence electrons. The summed E-state index contributed by atoms with van der Waals surface area (Å²) in [6, 6.07) is 11.9. The first-order valence-electron chi connectivity index (χ1n) is 9.76. The van der Waals surface area contributed by atoms with Crippen molar-refractivity contribution < 1.29 is 18.3 Å². The SMILES string of the molecule is CN(CCOc1cccc(CNCc2cc(F)ccc2F)c1)C1CCOCC1. The fourth-order valence-corrected chi connectivity index (χ4v) is 3.38. The third kappa shape index (κ3) is 6.26. The molecule has 1 fully saturated rings. The molecule has 1 saturated heterocycles. The van der Waals surface area contributed by atoms with Gasteiger partial charge in [0.05, 0.1) is 0 Å². The zero-order chi connectivity index (χ0) is 19.8. The molecule has 1 aliphatic rings. The minimum Gasteiger partial charge on any atom is -0.492 e. The Hall–Kier alpha value is -2.02. The predicted octanol–water partition coefficient (Wildman–Crippen LogP) is 3.74. The maximum absolute atomic E-state index is 13.7. The zero-order valence-electron chi connectivity index (χ0n) is 16.3. The van der Waals surface area contributed by atoms with Crippen LogP contribution in [0.25, 0.3) is 0 Å². The van der Waals surface area contributed by atoms with E-state index in [0.29, 0.717) is 24.8 Å². The van der Waals surface area contributed by atoms with E-state index >= 15 is 0 Å². The lowest BCUT2D eigenvalue weighted by Crippen LogP contribution is -2.38. The molecule has 28 heavy (non-hydrogen) atoms. The van der Waals surface area contributed by atoms with Crippen LogP contribution < -0.4 is 10.1 Å². The van der Waals surface area contributed by atoms with Crippen LogP contribution in [0.2, 0.25) is 0 Å². The summed E-state index contributed by atoms with van der Waals surface area (Å²) in [6.45, 7) is 3.99. The molecule has 1 N–H and O–H groups in total. The smallest absolute Gasteiger partial charge is 0.127 e. The summed E-state index contributed by atoms with van der Waals surface area (Å²) in [5.74, 6) is -0.0180. The minimum absolute atomic E-state index is 0.268. The topological polar surface area (TPSA) is 33.7 Å². The Bertz CT molecular complexity index is 751. The highest BCUT2D eigenvalue weighted by molar-refractivity contribution is 5.28. The Balaban J connectivity index is 1.42. The van der Waals surface area contributed by atoms with E-state index in [0.717, 1.165) is 56.0 Å². The molecule has 1 heterocycles. The number of likely N-dealkylation sites (N-methyl/N-ethyl adjacent to an activating group) is 1. The molecule has 0 bridgehead atoms. The lowest BCUT2D eigenvalue weighted by atomic mass is 10.1. The van der Waals surface area contributed by atoms with Gasteiger partial charge in [-0.1, -0.05) is 12.1 Å². The first-order chi connectivity index (χ1) is 13.6. The van der Waals surface area contributed by atoms with Crippen LogP contribution in [0.15, 0.2) is 42.5 Å². The van der Waals surface area contributed by atoms with Crippen LogP contribution in [0, 0.1) is 11.6 Å². The Kier molecular flexibility index (Phi) is 7.77. The van der Waals surface area contributed by atoms with Gasteiger partial charge in [-0.15, -0.1) is 0 Å².